The van der Waals surface area contributed by atoms with Gasteiger partial charge < -0.3 is 10.2 Å². The van der Waals surface area contributed by atoms with Gasteiger partial charge >= 0.3 is 0 Å². The Balaban J connectivity index is 1.77. The van der Waals surface area contributed by atoms with Gasteiger partial charge in [0.05, 0.1) is 11.2 Å². The zero-order valence-electron chi connectivity index (χ0n) is 11.4. The third-order valence-electron chi connectivity index (χ3n) is 4.15. The smallest absolute Gasteiger partial charge is 0.220 e. The van der Waals surface area contributed by atoms with Gasteiger partial charge in [-0.2, -0.15) is 5.10 Å². The monoisotopic (exact) mass is 260 g/mol. The number of hydrogen-bond donors (Lipinski definition) is 1. The minimum Gasteiger partial charge on any atom is -0.353 e. The SMILES string of the molecule is Cc1ccc(N2CCC[C@]3(CCCC(=O)N3)C2)nn1. The largest absolute Gasteiger partial charge is 0.353 e. The summed E-state index contributed by atoms with van der Waals surface area (Å²) < 4.78 is 0. The quantitative estimate of drug-likeness (QED) is 0.829. The number of anilines is 1. The van der Waals surface area contributed by atoms with Crippen LogP contribution in [-0.2, 0) is 4.79 Å². The fourth-order valence-corrected chi connectivity index (χ4v) is 3.20. The lowest BCUT2D eigenvalue weighted by Gasteiger charge is -2.45. The molecule has 102 valence electrons. The predicted octanol–water partition coefficient (Wildman–Crippen LogP) is 1.42. The fourth-order valence-electron chi connectivity index (χ4n) is 3.20. The summed E-state index contributed by atoms with van der Waals surface area (Å²) in [4.78, 5) is 13.9. The van der Waals surface area contributed by atoms with Gasteiger partial charge in [-0.3, -0.25) is 4.79 Å². The van der Waals surface area contributed by atoms with Crippen LogP contribution in [0, 0.1) is 6.92 Å². The molecule has 2 fully saturated rings. The molecule has 1 aromatic heterocycles. The Morgan fingerprint density at radius 2 is 2.11 bits per heavy atom. The lowest BCUT2D eigenvalue weighted by Crippen LogP contribution is -2.60. The van der Waals surface area contributed by atoms with Crippen LogP contribution in [0.25, 0.3) is 0 Å². The summed E-state index contributed by atoms with van der Waals surface area (Å²) >= 11 is 0. The van der Waals surface area contributed by atoms with Gasteiger partial charge in [-0.25, -0.2) is 0 Å². The van der Waals surface area contributed by atoms with E-state index >= 15 is 0 Å². The van der Waals surface area contributed by atoms with Gasteiger partial charge in [0.15, 0.2) is 5.82 Å². The third-order valence-corrected chi connectivity index (χ3v) is 4.15. The van der Waals surface area contributed by atoms with Crippen molar-refractivity contribution in [3.8, 4) is 0 Å². The van der Waals surface area contributed by atoms with Crippen molar-refractivity contribution in [2.45, 2.75) is 44.6 Å². The second-order valence-corrected chi connectivity index (χ2v) is 5.74. The Hall–Kier alpha value is -1.65. The first-order valence-corrected chi connectivity index (χ1v) is 7.03. The number of hydrogen-bond acceptors (Lipinski definition) is 4. The first kappa shape index (κ1) is 12.4. The summed E-state index contributed by atoms with van der Waals surface area (Å²) in [5.41, 5.74) is 0.890. The van der Waals surface area contributed by atoms with Crippen LogP contribution in [-0.4, -0.2) is 34.7 Å². The summed E-state index contributed by atoms with van der Waals surface area (Å²) in [6.07, 6.45) is 4.92. The summed E-state index contributed by atoms with van der Waals surface area (Å²) in [5, 5.41) is 11.6. The molecule has 1 N–H and O–H groups in total. The van der Waals surface area contributed by atoms with E-state index in [0.29, 0.717) is 6.42 Å². The molecular weight excluding hydrogens is 240 g/mol. The van der Waals surface area contributed by atoms with E-state index in [-0.39, 0.29) is 11.4 Å². The highest BCUT2D eigenvalue weighted by Gasteiger charge is 2.39. The topological polar surface area (TPSA) is 58.1 Å². The standard InChI is InChI=1S/C14H20N4O/c1-11-5-6-12(17-16-11)18-9-3-8-14(10-18)7-2-4-13(19)15-14/h5-6H,2-4,7-10H2,1H3,(H,15,19)/t14-/m1/s1. The molecule has 5 nitrogen and oxygen atoms in total. The first-order chi connectivity index (χ1) is 9.17. The van der Waals surface area contributed by atoms with E-state index in [1.807, 2.05) is 19.1 Å². The van der Waals surface area contributed by atoms with Gasteiger partial charge in [-0.05, 0) is 44.7 Å². The van der Waals surface area contributed by atoms with Gasteiger partial charge in [-0.15, -0.1) is 5.10 Å². The highest BCUT2D eigenvalue weighted by Crippen LogP contribution is 2.31. The van der Waals surface area contributed by atoms with Gasteiger partial charge in [0.2, 0.25) is 5.91 Å². The van der Waals surface area contributed by atoms with Gasteiger partial charge in [0, 0.05) is 19.5 Å². The lowest BCUT2D eigenvalue weighted by atomic mass is 9.81. The van der Waals surface area contributed by atoms with Crippen LogP contribution >= 0.6 is 0 Å². The maximum absolute atomic E-state index is 11.7. The van der Waals surface area contributed by atoms with Crippen LogP contribution in [0.5, 0.6) is 0 Å². The van der Waals surface area contributed by atoms with Gasteiger partial charge in [-0.1, -0.05) is 0 Å². The number of amides is 1. The number of rotatable bonds is 1. The predicted molar refractivity (Wildman–Crippen MR) is 72.9 cm³/mol. The molecule has 5 heteroatoms. The average Bonchev–Trinajstić information content (AvgIpc) is 2.39. The fraction of sp³-hybridized carbons (Fsp3) is 0.643. The molecule has 0 bridgehead atoms. The molecule has 1 amide bonds. The van der Waals surface area contributed by atoms with E-state index in [4.69, 9.17) is 0 Å². The molecule has 3 rings (SSSR count). The van der Waals surface area contributed by atoms with Crippen LogP contribution in [0.4, 0.5) is 5.82 Å². The van der Waals surface area contributed by atoms with Crippen molar-refractivity contribution in [3.63, 3.8) is 0 Å². The highest BCUT2D eigenvalue weighted by atomic mass is 16.1. The molecule has 0 unspecified atom stereocenters. The van der Waals surface area contributed by atoms with Crippen LogP contribution in [0.3, 0.4) is 0 Å². The molecule has 1 atom stereocenters. The molecule has 19 heavy (non-hydrogen) atoms. The molecule has 0 aromatic carbocycles. The van der Waals surface area contributed by atoms with E-state index in [0.717, 1.165) is 50.3 Å². The zero-order valence-corrected chi connectivity index (χ0v) is 11.4. The molecular formula is C14H20N4O. The molecule has 1 aromatic rings. The Kier molecular flexibility index (Phi) is 3.12. The van der Waals surface area contributed by atoms with Gasteiger partial charge in [0.1, 0.15) is 0 Å². The molecule has 0 saturated carbocycles. The molecule has 2 aliphatic rings. The minimum atomic E-state index is -0.0415. The minimum absolute atomic E-state index is 0.0415. The van der Waals surface area contributed by atoms with Crippen molar-refractivity contribution >= 4 is 11.7 Å². The maximum Gasteiger partial charge on any atom is 0.220 e. The third kappa shape index (κ3) is 2.55. The molecule has 2 saturated heterocycles. The van der Waals surface area contributed by atoms with Crippen molar-refractivity contribution in [2.75, 3.05) is 18.0 Å². The summed E-state index contributed by atoms with van der Waals surface area (Å²) in [5.74, 6) is 1.12. The van der Waals surface area contributed by atoms with Crippen LogP contribution in [0.2, 0.25) is 0 Å². The number of carbonyl (C=O) groups is 1. The summed E-state index contributed by atoms with van der Waals surface area (Å²) in [7, 11) is 0. The zero-order chi connectivity index (χ0) is 13.3. The summed E-state index contributed by atoms with van der Waals surface area (Å²) in [6.45, 7) is 3.79. The van der Waals surface area contributed by atoms with Crippen LogP contribution < -0.4 is 10.2 Å². The molecule has 0 aliphatic carbocycles. The second kappa shape index (κ2) is 4.79. The number of piperidine rings is 2. The summed E-state index contributed by atoms with van der Waals surface area (Å²) in [6, 6.07) is 4.01. The van der Waals surface area contributed by atoms with Gasteiger partial charge in [0.25, 0.3) is 0 Å². The van der Waals surface area contributed by atoms with E-state index in [1.54, 1.807) is 0 Å². The van der Waals surface area contributed by atoms with E-state index in [9.17, 15) is 4.79 Å². The van der Waals surface area contributed by atoms with E-state index in [2.05, 4.69) is 20.4 Å². The van der Waals surface area contributed by atoms with Crippen molar-refractivity contribution < 1.29 is 4.79 Å². The molecule has 0 radical (unpaired) electrons. The molecule has 1 spiro atoms. The molecule has 3 heterocycles. The Morgan fingerprint density at radius 1 is 1.26 bits per heavy atom. The lowest BCUT2D eigenvalue weighted by molar-refractivity contribution is -0.125. The number of aromatic nitrogens is 2. The number of nitrogens with one attached hydrogen (secondary N) is 1. The number of carbonyl (C=O) groups excluding carboxylic acids is 1. The van der Waals surface area contributed by atoms with Crippen molar-refractivity contribution in [1.82, 2.24) is 15.5 Å². The van der Waals surface area contributed by atoms with Crippen LogP contribution in [0.1, 0.15) is 37.8 Å². The van der Waals surface area contributed by atoms with Crippen molar-refractivity contribution in [2.24, 2.45) is 0 Å². The van der Waals surface area contributed by atoms with Crippen LogP contribution in [0.15, 0.2) is 12.1 Å². The average molecular weight is 260 g/mol. The second-order valence-electron chi connectivity index (χ2n) is 5.74. The Labute approximate surface area is 113 Å². The number of nitrogens with zero attached hydrogens (tertiary/aromatic N) is 3. The van der Waals surface area contributed by atoms with E-state index in [1.165, 1.54) is 0 Å². The first-order valence-electron chi connectivity index (χ1n) is 7.03. The normalized spacial score (nSPS) is 27.4. The highest BCUT2D eigenvalue weighted by molar-refractivity contribution is 5.77. The van der Waals surface area contributed by atoms with Crippen molar-refractivity contribution in [1.29, 1.82) is 0 Å². The Morgan fingerprint density at radius 3 is 2.84 bits per heavy atom. The Bertz CT molecular complexity index is 469. The van der Waals surface area contributed by atoms with E-state index < -0.39 is 0 Å². The van der Waals surface area contributed by atoms with Crippen molar-refractivity contribution in [3.05, 3.63) is 17.8 Å². The maximum atomic E-state index is 11.7. The molecule has 2 aliphatic heterocycles. The number of aryl methyl sites for hydroxylation is 1.